The summed E-state index contributed by atoms with van der Waals surface area (Å²) in [6.45, 7) is 4.13. The molecule has 0 atom stereocenters. The molecule has 2 aliphatic heterocycles. The molecule has 0 bridgehead atoms. The van der Waals surface area contributed by atoms with Crippen LogP contribution >= 0.6 is 0 Å². The first-order valence-corrected chi connectivity index (χ1v) is 9.71. The van der Waals surface area contributed by atoms with Crippen LogP contribution in [0.25, 0.3) is 0 Å². The molecular formula is C20H26N4O5. The maximum atomic E-state index is 12.0. The van der Waals surface area contributed by atoms with Gasteiger partial charge in [-0.15, -0.1) is 0 Å². The zero-order valence-corrected chi connectivity index (χ0v) is 16.7. The standard InChI is InChI=1S/C20H26N4O5/c1-20(2)18(27)24(19(28)22-20)12-17(26)29-13-16(25)21-14-6-8-15(9-7-14)23-10-4-3-5-11-23/h6-9H,3-5,10-13H2,1-2H3,(H,21,25)(H,22,28). The minimum absolute atomic E-state index is 0.499. The van der Waals surface area contributed by atoms with Crippen LogP contribution in [0.3, 0.4) is 0 Å². The molecular weight excluding hydrogens is 376 g/mol. The molecule has 0 saturated carbocycles. The molecule has 0 radical (unpaired) electrons. The number of benzene rings is 1. The van der Waals surface area contributed by atoms with Crippen molar-refractivity contribution in [2.75, 3.05) is 36.5 Å². The molecule has 0 unspecified atom stereocenters. The molecule has 2 aliphatic rings. The van der Waals surface area contributed by atoms with Crippen LogP contribution in [-0.2, 0) is 19.1 Å². The monoisotopic (exact) mass is 402 g/mol. The van der Waals surface area contributed by atoms with Gasteiger partial charge in [-0.2, -0.15) is 0 Å². The summed E-state index contributed by atoms with van der Waals surface area (Å²) in [7, 11) is 0. The lowest BCUT2D eigenvalue weighted by Crippen LogP contribution is -2.41. The summed E-state index contributed by atoms with van der Waals surface area (Å²) in [5.74, 6) is -1.85. The minimum atomic E-state index is -1.06. The van der Waals surface area contributed by atoms with Gasteiger partial charge < -0.3 is 20.3 Å². The second kappa shape index (κ2) is 8.50. The van der Waals surface area contributed by atoms with Crippen LogP contribution in [0.4, 0.5) is 16.2 Å². The summed E-state index contributed by atoms with van der Waals surface area (Å²) in [5, 5.41) is 5.13. The summed E-state index contributed by atoms with van der Waals surface area (Å²) in [5.41, 5.74) is 0.656. The van der Waals surface area contributed by atoms with Crippen molar-refractivity contribution in [3.8, 4) is 0 Å². The van der Waals surface area contributed by atoms with Crippen molar-refractivity contribution in [1.82, 2.24) is 10.2 Å². The Morgan fingerprint density at radius 3 is 2.34 bits per heavy atom. The van der Waals surface area contributed by atoms with E-state index in [4.69, 9.17) is 4.74 Å². The lowest BCUT2D eigenvalue weighted by atomic mass is 10.1. The molecule has 2 saturated heterocycles. The SMILES string of the molecule is CC1(C)NC(=O)N(CC(=O)OCC(=O)Nc2ccc(N3CCCCC3)cc2)C1=O. The normalized spacial score (nSPS) is 18.4. The number of carbonyl (C=O) groups excluding carboxylic acids is 4. The fourth-order valence-corrected chi connectivity index (χ4v) is 3.39. The number of hydrogen-bond acceptors (Lipinski definition) is 6. The van der Waals surface area contributed by atoms with Gasteiger partial charge in [0.2, 0.25) is 0 Å². The van der Waals surface area contributed by atoms with E-state index in [2.05, 4.69) is 15.5 Å². The molecule has 2 N–H and O–H groups in total. The maximum absolute atomic E-state index is 12.0. The summed E-state index contributed by atoms with van der Waals surface area (Å²) in [6.07, 6.45) is 3.63. The average Bonchev–Trinajstić information content (AvgIpc) is 2.89. The van der Waals surface area contributed by atoms with Gasteiger partial charge in [0.25, 0.3) is 11.8 Å². The summed E-state index contributed by atoms with van der Waals surface area (Å²) < 4.78 is 4.89. The second-order valence-corrected chi connectivity index (χ2v) is 7.75. The number of anilines is 2. The van der Waals surface area contributed by atoms with Crippen LogP contribution in [0, 0.1) is 0 Å². The molecule has 1 aromatic rings. The highest BCUT2D eigenvalue weighted by Crippen LogP contribution is 2.22. The molecule has 3 rings (SSSR count). The van der Waals surface area contributed by atoms with Gasteiger partial charge in [-0.3, -0.25) is 19.3 Å². The molecule has 9 nitrogen and oxygen atoms in total. The van der Waals surface area contributed by atoms with Gasteiger partial charge in [-0.1, -0.05) is 0 Å². The Morgan fingerprint density at radius 2 is 1.76 bits per heavy atom. The number of ether oxygens (including phenoxy) is 1. The van der Waals surface area contributed by atoms with Crippen molar-refractivity contribution in [2.24, 2.45) is 0 Å². The number of nitrogens with zero attached hydrogens (tertiary/aromatic N) is 2. The third-order valence-corrected chi connectivity index (χ3v) is 4.97. The van der Waals surface area contributed by atoms with Crippen molar-refractivity contribution in [3.63, 3.8) is 0 Å². The molecule has 29 heavy (non-hydrogen) atoms. The topological polar surface area (TPSA) is 108 Å². The molecule has 0 aliphatic carbocycles. The van der Waals surface area contributed by atoms with Crippen LogP contribution in [-0.4, -0.2) is 60.5 Å². The Bertz CT molecular complexity index is 800. The number of piperidine rings is 1. The van der Waals surface area contributed by atoms with Gasteiger partial charge in [0.1, 0.15) is 12.1 Å². The first kappa shape index (κ1) is 20.6. The van der Waals surface area contributed by atoms with E-state index >= 15 is 0 Å². The van der Waals surface area contributed by atoms with Crippen LogP contribution < -0.4 is 15.5 Å². The molecule has 1 aromatic carbocycles. The molecule has 2 heterocycles. The predicted octanol–water partition coefficient (Wildman–Crippen LogP) is 1.49. The van der Waals surface area contributed by atoms with Crippen LogP contribution in [0.15, 0.2) is 24.3 Å². The van der Waals surface area contributed by atoms with Gasteiger partial charge in [0.05, 0.1) is 0 Å². The molecule has 0 aromatic heterocycles. The number of amides is 4. The number of esters is 1. The third kappa shape index (κ3) is 5.04. The Labute approximate surface area is 169 Å². The predicted molar refractivity (Wildman–Crippen MR) is 106 cm³/mol. The van der Waals surface area contributed by atoms with Crippen LogP contribution in [0.1, 0.15) is 33.1 Å². The number of carbonyl (C=O) groups is 4. The van der Waals surface area contributed by atoms with Gasteiger partial charge in [0.15, 0.2) is 6.61 Å². The highest BCUT2D eigenvalue weighted by molar-refractivity contribution is 6.08. The highest BCUT2D eigenvalue weighted by atomic mass is 16.5. The van der Waals surface area contributed by atoms with Crippen molar-refractivity contribution < 1.29 is 23.9 Å². The fraction of sp³-hybridized carbons (Fsp3) is 0.500. The van der Waals surface area contributed by atoms with E-state index in [1.54, 1.807) is 26.0 Å². The van der Waals surface area contributed by atoms with Crippen LogP contribution in [0.2, 0.25) is 0 Å². The zero-order chi connectivity index (χ0) is 21.0. The summed E-state index contributed by atoms with van der Waals surface area (Å²) in [6, 6.07) is 6.85. The largest absolute Gasteiger partial charge is 0.454 e. The maximum Gasteiger partial charge on any atom is 0.326 e. The molecule has 4 amide bonds. The first-order chi connectivity index (χ1) is 13.8. The van der Waals surface area contributed by atoms with Crippen LogP contribution in [0.5, 0.6) is 0 Å². The fourth-order valence-electron chi connectivity index (χ4n) is 3.39. The molecule has 2 fully saturated rings. The molecule has 9 heteroatoms. The minimum Gasteiger partial charge on any atom is -0.454 e. The summed E-state index contributed by atoms with van der Waals surface area (Å²) >= 11 is 0. The number of nitrogens with one attached hydrogen (secondary N) is 2. The van der Waals surface area contributed by atoms with E-state index in [1.807, 2.05) is 12.1 Å². The van der Waals surface area contributed by atoms with E-state index in [9.17, 15) is 19.2 Å². The molecule has 0 spiro atoms. The van der Waals surface area contributed by atoms with Crippen molar-refractivity contribution in [3.05, 3.63) is 24.3 Å². The van der Waals surface area contributed by atoms with Crippen molar-refractivity contribution in [1.29, 1.82) is 0 Å². The number of hydrogen-bond donors (Lipinski definition) is 2. The van der Waals surface area contributed by atoms with E-state index in [1.165, 1.54) is 19.3 Å². The lowest BCUT2D eigenvalue weighted by Gasteiger charge is -2.28. The zero-order valence-electron chi connectivity index (χ0n) is 16.7. The van der Waals surface area contributed by atoms with E-state index in [0.29, 0.717) is 5.69 Å². The van der Waals surface area contributed by atoms with E-state index in [-0.39, 0.29) is 0 Å². The second-order valence-electron chi connectivity index (χ2n) is 7.75. The summed E-state index contributed by atoms with van der Waals surface area (Å²) in [4.78, 5) is 50.8. The quantitative estimate of drug-likeness (QED) is 0.551. The number of imide groups is 1. The third-order valence-electron chi connectivity index (χ3n) is 4.97. The highest BCUT2D eigenvalue weighted by Gasteiger charge is 2.45. The Balaban J connectivity index is 1.44. The Morgan fingerprint density at radius 1 is 1.10 bits per heavy atom. The molecule has 156 valence electrons. The van der Waals surface area contributed by atoms with E-state index in [0.717, 1.165) is 23.7 Å². The Hall–Kier alpha value is -3.10. The van der Waals surface area contributed by atoms with Crippen molar-refractivity contribution >= 4 is 35.2 Å². The average molecular weight is 402 g/mol. The van der Waals surface area contributed by atoms with Gasteiger partial charge in [0, 0.05) is 24.5 Å². The number of rotatable bonds is 6. The first-order valence-electron chi connectivity index (χ1n) is 9.71. The number of urea groups is 1. The van der Waals surface area contributed by atoms with Gasteiger partial charge in [-0.25, -0.2) is 4.79 Å². The van der Waals surface area contributed by atoms with Gasteiger partial charge in [-0.05, 0) is 57.4 Å². The van der Waals surface area contributed by atoms with Crippen molar-refractivity contribution in [2.45, 2.75) is 38.6 Å². The Kier molecular flexibility index (Phi) is 6.05. The lowest BCUT2D eigenvalue weighted by molar-refractivity contribution is -0.150. The van der Waals surface area contributed by atoms with Gasteiger partial charge >= 0.3 is 12.0 Å². The van der Waals surface area contributed by atoms with E-state index < -0.39 is 42.5 Å². The smallest absolute Gasteiger partial charge is 0.326 e.